The first-order chi connectivity index (χ1) is 9.61. The maximum absolute atomic E-state index is 13.7. The van der Waals surface area contributed by atoms with Crippen LogP contribution >= 0.6 is 0 Å². The molecule has 1 N–H and O–H groups in total. The summed E-state index contributed by atoms with van der Waals surface area (Å²) in [6, 6.07) is 11.4. The largest absolute Gasteiger partial charge is 0.505 e. The number of hydrogen-bond acceptors (Lipinski definition) is 4. The summed E-state index contributed by atoms with van der Waals surface area (Å²) in [5.74, 6) is -2.44. The zero-order valence-corrected chi connectivity index (χ0v) is 10.8. The number of methoxy groups -OCH3 is 1. The summed E-state index contributed by atoms with van der Waals surface area (Å²) in [6.45, 7) is 0.127. The van der Waals surface area contributed by atoms with Crippen LogP contribution < -0.4 is 4.74 Å². The maximum Gasteiger partial charge on any atom is 0.338 e. The third-order valence-electron chi connectivity index (χ3n) is 2.68. The zero-order chi connectivity index (χ0) is 14.5. The van der Waals surface area contributed by atoms with Crippen molar-refractivity contribution in [3.8, 4) is 11.5 Å². The second-order valence-electron chi connectivity index (χ2n) is 4.07. The Kier molecular flexibility index (Phi) is 4.20. The second kappa shape index (κ2) is 6.06. The first-order valence-electron chi connectivity index (χ1n) is 5.89. The van der Waals surface area contributed by atoms with Gasteiger partial charge in [-0.2, -0.15) is 4.39 Å². The first kappa shape index (κ1) is 13.9. The van der Waals surface area contributed by atoms with Crippen molar-refractivity contribution in [2.75, 3.05) is 7.11 Å². The summed E-state index contributed by atoms with van der Waals surface area (Å²) in [5.41, 5.74) is 0.865. The Hall–Kier alpha value is -2.56. The van der Waals surface area contributed by atoms with E-state index in [2.05, 4.69) is 4.74 Å². The van der Waals surface area contributed by atoms with Gasteiger partial charge in [-0.1, -0.05) is 30.3 Å². The van der Waals surface area contributed by atoms with Crippen LogP contribution in [0.1, 0.15) is 15.9 Å². The normalized spacial score (nSPS) is 10.1. The lowest BCUT2D eigenvalue weighted by Gasteiger charge is -2.10. The molecule has 0 atom stereocenters. The summed E-state index contributed by atoms with van der Waals surface area (Å²) < 4.78 is 23.5. The fourth-order valence-electron chi connectivity index (χ4n) is 1.66. The highest BCUT2D eigenvalue weighted by Crippen LogP contribution is 2.28. The lowest BCUT2D eigenvalue weighted by molar-refractivity contribution is 0.0599. The molecular formula is C15H13FO4. The highest BCUT2D eigenvalue weighted by Gasteiger charge is 2.16. The molecule has 2 aromatic rings. The van der Waals surface area contributed by atoms with Gasteiger partial charge in [0, 0.05) is 0 Å². The number of halogens is 1. The standard InChI is InChI=1S/C15H13FO4/c1-19-15(18)11-7-12(17)14(16)13(8-11)20-9-10-5-3-2-4-6-10/h2-8,17H,9H2,1H3. The molecule has 104 valence electrons. The quantitative estimate of drug-likeness (QED) is 0.872. The molecule has 0 saturated heterocycles. The van der Waals surface area contributed by atoms with E-state index < -0.39 is 17.5 Å². The van der Waals surface area contributed by atoms with Crippen LogP contribution in [0.2, 0.25) is 0 Å². The van der Waals surface area contributed by atoms with Crippen molar-refractivity contribution in [3.63, 3.8) is 0 Å². The van der Waals surface area contributed by atoms with Gasteiger partial charge in [0.25, 0.3) is 0 Å². The van der Waals surface area contributed by atoms with Crippen molar-refractivity contribution in [3.05, 3.63) is 59.4 Å². The van der Waals surface area contributed by atoms with Gasteiger partial charge in [-0.05, 0) is 17.7 Å². The lowest BCUT2D eigenvalue weighted by atomic mass is 10.2. The summed E-state index contributed by atoms with van der Waals surface area (Å²) in [6.07, 6.45) is 0. The van der Waals surface area contributed by atoms with Crippen molar-refractivity contribution in [1.82, 2.24) is 0 Å². The Morgan fingerprint density at radius 2 is 1.95 bits per heavy atom. The molecule has 0 aromatic heterocycles. The Labute approximate surface area is 115 Å². The number of esters is 1. The number of ether oxygens (including phenoxy) is 2. The maximum atomic E-state index is 13.7. The van der Waals surface area contributed by atoms with E-state index in [0.29, 0.717) is 0 Å². The molecule has 0 amide bonds. The van der Waals surface area contributed by atoms with Crippen molar-refractivity contribution < 1.29 is 23.8 Å². The van der Waals surface area contributed by atoms with E-state index in [9.17, 15) is 14.3 Å². The summed E-state index contributed by atoms with van der Waals surface area (Å²) >= 11 is 0. The summed E-state index contributed by atoms with van der Waals surface area (Å²) in [7, 11) is 1.20. The number of phenols is 1. The van der Waals surface area contributed by atoms with Gasteiger partial charge < -0.3 is 14.6 Å². The number of benzene rings is 2. The zero-order valence-electron chi connectivity index (χ0n) is 10.8. The number of aromatic hydroxyl groups is 1. The van der Waals surface area contributed by atoms with E-state index in [-0.39, 0.29) is 17.9 Å². The molecule has 5 heteroatoms. The molecule has 0 bridgehead atoms. The van der Waals surface area contributed by atoms with Crippen molar-refractivity contribution in [1.29, 1.82) is 0 Å². The van der Waals surface area contributed by atoms with Crippen LogP contribution in [0.3, 0.4) is 0 Å². The van der Waals surface area contributed by atoms with Crippen LogP contribution in [0.5, 0.6) is 11.5 Å². The monoisotopic (exact) mass is 276 g/mol. The van der Waals surface area contributed by atoms with Gasteiger partial charge in [-0.3, -0.25) is 0 Å². The van der Waals surface area contributed by atoms with Crippen LogP contribution in [0, 0.1) is 5.82 Å². The van der Waals surface area contributed by atoms with Gasteiger partial charge in [0.15, 0.2) is 11.5 Å². The average Bonchev–Trinajstić information content (AvgIpc) is 2.48. The predicted molar refractivity (Wildman–Crippen MR) is 70.2 cm³/mol. The molecule has 0 radical (unpaired) electrons. The number of carbonyl (C=O) groups is 1. The van der Waals surface area contributed by atoms with E-state index in [0.717, 1.165) is 11.6 Å². The second-order valence-corrected chi connectivity index (χ2v) is 4.07. The van der Waals surface area contributed by atoms with E-state index in [1.165, 1.54) is 13.2 Å². The van der Waals surface area contributed by atoms with Gasteiger partial charge in [-0.15, -0.1) is 0 Å². The van der Waals surface area contributed by atoms with E-state index >= 15 is 0 Å². The summed E-state index contributed by atoms with van der Waals surface area (Å²) in [4.78, 5) is 11.4. The fourth-order valence-corrected chi connectivity index (χ4v) is 1.66. The van der Waals surface area contributed by atoms with Crippen molar-refractivity contribution >= 4 is 5.97 Å². The van der Waals surface area contributed by atoms with Gasteiger partial charge >= 0.3 is 5.97 Å². The van der Waals surface area contributed by atoms with E-state index in [1.54, 1.807) is 0 Å². The minimum absolute atomic E-state index is 0.0226. The van der Waals surface area contributed by atoms with Crippen LogP contribution in [-0.4, -0.2) is 18.2 Å². The predicted octanol–water partition coefficient (Wildman–Crippen LogP) is 2.90. The molecule has 0 unspecified atom stereocenters. The van der Waals surface area contributed by atoms with E-state index in [1.807, 2.05) is 30.3 Å². The molecule has 2 aromatic carbocycles. The Morgan fingerprint density at radius 1 is 1.25 bits per heavy atom. The lowest BCUT2D eigenvalue weighted by Crippen LogP contribution is -2.04. The highest BCUT2D eigenvalue weighted by atomic mass is 19.1. The number of rotatable bonds is 4. The Balaban J connectivity index is 2.22. The molecule has 0 spiro atoms. The Morgan fingerprint density at radius 3 is 2.60 bits per heavy atom. The minimum atomic E-state index is -0.909. The van der Waals surface area contributed by atoms with Crippen LogP contribution in [0.25, 0.3) is 0 Å². The molecule has 0 fully saturated rings. The van der Waals surface area contributed by atoms with E-state index in [4.69, 9.17) is 4.74 Å². The molecule has 4 nitrogen and oxygen atoms in total. The van der Waals surface area contributed by atoms with Crippen LogP contribution in [0.15, 0.2) is 42.5 Å². The highest BCUT2D eigenvalue weighted by molar-refractivity contribution is 5.90. The van der Waals surface area contributed by atoms with Gasteiger partial charge in [-0.25, -0.2) is 4.79 Å². The summed E-state index contributed by atoms with van der Waals surface area (Å²) in [5, 5.41) is 9.46. The van der Waals surface area contributed by atoms with Crippen LogP contribution in [-0.2, 0) is 11.3 Å². The smallest absolute Gasteiger partial charge is 0.338 e. The minimum Gasteiger partial charge on any atom is -0.505 e. The number of carbonyl (C=O) groups excluding carboxylic acids is 1. The van der Waals surface area contributed by atoms with Crippen LogP contribution in [0.4, 0.5) is 4.39 Å². The first-order valence-corrected chi connectivity index (χ1v) is 5.89. The van der Waals surface area contributed by atoms with Gasteiger partial charge in [0.1, 0.15) is 6.61 Å². The SMILES string of the molecule is COC(=O)c1cc(O)c(F)c(OCc2ccccc2)c1. The topological polar surface area (TPSA) is 55.8 Å². The van der Waals surface area contributed by atoms with Gasteiger partial charge in [0.2, 0.25) is 5.82 Å². The third-order valence-corrected chi connectivity index (χ3v) is 2.68. The Bertz CT molecular complexity index is 611. The fraction of sp³-hybridized carbons (Fsp3) is 0.133. The number of phenolic OH excluding ortho intramolecular Hbond substituents is 1. The third kappa shape index (κ3) is 3.06. The van der Waals surface area contributed by atoms with Crippen molar-refractivity contribution in [2.45, 2.75) is 6.61 Å². The molecule has 0 saturated carbocycles. The molecule has 20 heavy (non-hydrogen) atoms. The molecule has 2 rings (SSSR count). The molecular weight excluding hydrogens is 263 g/mol. The van der Waals surface area contributed by atoms with Crippen molar-refractivity contribution in [2.24, 2.45) is 0 Å². The average molecular weight is 276 g/mol. The van der Waals surface area contributed by atoms with Gasteiger partial charge in [0.05, 0.1) is 12.7 Å². The molecule has 0 aliphatic rings. The molecule has 0 aliphatic carbocycles. The molecule has 0 heterocycles. The number of hydrogen-bond donors (Lipinski definition) is 1. The molecule has 0 aliphatic heterocycles.